The lowest BCUT2D eigenvalue weighted by Crippen LogP contribution is -2.27. The molecule has 2 N–H and O–H groups in total. The lowest BCUT2D eigenvalue weighted by molar-refractivity contribution is 0.597. The molecule has 0 spiro atoms. The molecule has 0 aliphatic heterocycles. The van der Waals surface area contributed by atoms with Crippen molar-refractivity contribution in [2.24, 2.45) is 0 Å². The molecule has 96 valence electrons. The van der Waals surface area contributed by atoms with E-state index < -0.39 is 0 Å². The molecule has 0 aromatic carbocycles. The fraction of sp³-hybridized carbons (Fsp3) is 0.385. The Morgan fingerprint density at radius 1 is 1.44 bits per heavy atom. The van der Waals surface area contributed by atoms with Gasteiger partial charge in [-0.05, 0) is 25.3 Å². The van der Waals surface area contributed by atoms with Gasteiger partial charge in [0.2, 0.25) is 0 Å². The first-order valence-electron chi connectivity index (χ1n) is 5.96. The molecule has 0 saturated heterocycles. The number of hydrogen-bond acceptors (Lipinski definition) is 4. The molecule has 1 unspecified atom stereocenters. The van der Waals surface area contributed by atoms with Crippen molar-refractivity contribution < 1.29 is 0 Å². The van der Waals surface area contributed by atoms with Crippen LogP contribution < -0.4 is 5.32 Å². The number of aromatic nitrogens is 3. The van der Waals surface area contributed by atoms with Crippen molar-refractivity contribution in [2.75, 3.05) is 12.0 Å². The molecule has 0 radical (unpaired) electrons. The lowest BCUT2D eigenvalue weighted by atomic mass is 10.1. The van der Waals surface area contributed by atoms with Gasteiger partial charge in [0, 0.05) is 41.9 Å². The van der Waals surface area contributed by atoms with Gasteiger partial charge in [0.05, 0.1) is 11.9 Å². The summed E-state index contributed by atoms with van der Waals surface area (Å²) in [5.41, 5.74) is 3.30. The predicted molar refractivity (Wildman–Crippen MR) is 76.5 cm³/mol. The minimum Gasteiger partial charge on any atom is -0.309 e. The first-order chi connectivity index (χ1) is 8.81. The monoisotopic (exact) mass is 262 g/mol. The van der Waals surface area contributed by atoms with E-state index in [1.165, 1.54) is 5.56 Å². The van der Waals surface area contributed by atoms with E-state index in [9.17, 15) is 0 Å². The van der Waals surface area contributed by atoms with Crippen LogP contribution in [0.15, 0.2) is 30.7 Å². The Hall–Kier alpha value is -1.33. The van der Waals surface area contributed by atoms with Crippen LogP contribution in [0.5, 0.6) is 0 Å². The van der Waals surface area contributed by atoms with Crippen LogP contribution in [0.25, 0.3) is 11.3 Å². The van der Waals surface area contributed by atoms with Gasteiger partial charge < -0.3 is 5.32 Å². The van der Waals surface area contributed by atoms with Crippen LogP contribution in [0, 0.1) is 0 Å². The summed E-state index contributed by atoms with van der Waals surface area (Å²) in [6.45, 7) is 3.02. The smallest absolute Gasteiger partial charge is 0.0710 e. The van der Waals surface area contributed by atoms with Crippen LogP contribution in [-0.4, -0.2) is 33.2 Å². The second-order valence-corrected chi connectivity index (χ2v) is 5.16. The van der Waals surface area contributed by atoms with E-state index >= 15 is 0 Å². The zero-order valence-corrected chi connectivity index (χ0v) is 11.5. The van der Waals surface area contributed by atoms with Crippen LogP contribution in [-0.2, 0) is 6.54 Å². The number of thioether (sulfide) groups is 1. The predicted octanol–water partition coefficient (Wildman–Crippen LogP) is 2.31. The van der Waals surface area contributed by atoms with Gasteiger partial charge in [-0.1, -0.05) is 0 Å². The summed E-state index contributed by atoms with van der Waals surface area (Å²) in [4.78, 5) is 4.13. The Balaban J connectivity index is 2.05. The number of nitrogens with zero attached hydrogens (tertiary/aromatic N) is 2. The zero-order valence-electron chi connectivity index (χ0n) is 10.7. The zero-order chi connectivity index (χ0) is 12.8. The van der Waals surface area contributed by atoms with Gasteiger partial charge in [-0.3, -0.25) is 10.1 Å². The van der Waals surface area contributed by atoms with Gasteiger partial charge in [0.25, 0.3) is 0 Å². The molecule has 0 amide bonds. The van der Waals surface area contributed by atoms with Crippen LogP contribution in [0.3, 0.4) is 0 Å². The maximum Gasteiger partial charge on any atom is 0.0710 e. The van der Waals surface area contributed by atoms with Crippen LogP contribution in [0.2, 0.25) is 0 Å². The van der Waals surface area contributed by atoms with E-state index in [1.807, 2.05) is 36.3 Å². The van der Waals surface area contributed by atoms with Crippen molar-refractivity contribution >= 4 is 11.8 Å². The molecule has 1 atom stereocenters. The van der Waals surface area contributed by atoms with Gasteiger partial charge in [-0.15, -0.1) is 0 Å². The second kappa shape index (κ2) is 6.56. The van der Waals surface area contributed by atoms with Gasteiger partial charge in [-0.25, -0.2) is 0 Å². The van der Waals surface area contributed by atoms with E-state index in [-0.39, 0.29) is 0 Å². The average molecular weight is 262 g/mol. The van der Waals surface area contributed by atoms with Crippen molar-refractivity contribution in [3.05, 3.63) is 36.3 Å². The number of pyridine rings is 1. The van der Waals surface area contributed by atoms with Crippen molar-refractivity contribution in [3.8, 4) is 11.3 Å². The highest BCUT2D eigenvalue weighted by molar-refractivity contribution is 7.98. The topological polar surface area (TPSA) is 53.6 Å². The van der Waals surface area contributed by atoms with E-state index in [0.717, 1.165) is 23.6 Å². The Kier molecular flexibility index (Phi) is 4.78. The first kappa shape index (κ1) is 13.1. The fourth-order valence-corrected chi connectivity index (χ4v) is 2.42. The maximum atomic E-state index is 4.13. The van der Waals surface area contributed by atoms with Crippen LogP contribution >= 0.6 is 11.8 Å². The molecule has 0 fully saturated rings. The Labute approximate surface area is 112 Å². The third-order valence-electron chi connectivity index (χ3n) is 2.73. The molecule has 2 heterocycles. The number of H-pyrrole nitrogens is 1. The van der Waals surface area contributed by atoms with Gasteiger partial charge in [0.15, 0.2) is 0 Å². The molecule has 0 saturated carbocycles. The lowest BCUT2D eigenvalue weighted by Gasteiger charge is -2.12. The highest BCUT2D eigenvalue weighted by atomic mass is 32.2. The molecule has 18 heavy (non-hydrogen) atoms. The molecule has 2 aromatic heterocycles. The first-order valence-corrected chi connectivity index (χ1v) is 7.35. The summed E-state index contributed by atoms with van der Waals surface area (Å²) in [6.07, 6.45) is 7.62. The number of nitrogens with one attached hydrogen (secondary N) is 2. The SMILES string of the molecule is CSCC(C)NCc1cn[nH]c1-c1cccnc1. The molecule has 0 aliphatic carbocycles. The van der Waals surface area contributed by atoms with Crippen LogP contribution in [0.1, 0.15) is 12.5 Å². The molecular formula is C13H18N4S. The minimum absolute atomic E-state index is 0.497. The third kappa shape index (κ3) is 3.34. The van der Waals surface area contributed by atoms with E-state index in [2.05, 4.69) is 33.7 Å². The van der Waals surface area contributed by atoms with Crippen molar-refractivity contribution in [2.45, 2.75) is 19.5 Å². The van der Waals surface area contributed by atoms with Gasteiger partial charge in [0.1, 0.15) is 0 Å². The average Bonchev–Trinajstić information content (AvgIpc) is 2.86. The van der Waals surface area contributed by atoms with E-state index in [1.54, 1.807) is 6.20 Å². The summed E-state index contributed by atoms with van der Waals surface area (Å²) >= 11 is 1.85. The quantitative estimate of drug-likeness (QED) is 0.839. The third-order valence-corrected chi connectivity index (χ3v) is 3.56. The molecule has 0 bridgehead atoms. The second-order valence-electron chi connectivity index (χ2n) is 4.25. The summed E-state index contributed by atoms with van der Waals surface area (Å²) in [5, 5.41) is 10.7. The number of rotatable bonds is 6. The Bertz CT molecular complexity index is 469. The highest BCUT2D eigenvalue weighted by Gasteiger charge is 2.08. The van der Waals surface area contributed by atoms with E-state index in [0.29, 0.717) is 6.04 Å². The Morgan fingerprint density at radius 3 is 3.06 bits per heavy atom. The van der Waals surface area contributed by atoms with Crippen molar-refractivity contribution in [3.63, 3.8) is 0 Å². The van der Waals surface area contributed by atoms with Gasteiger partial charge >= 0.3 is 0 Å². The molecule has 4 nitrogen and oxygen atoms in total. The molecule has 2 rings (SSSR count). The largest absolute Gasteiger partial charge is 0.309 e. The summed E-state index contributed by atoms with van der Waals surface area (Å²) < 4.78 is 0. The maximum absolute atomic E-state index is 4.13. The Morgan fingerprint density at radius 2 is 2.33 bits per heavy atom. The summed E-state index contributed by atoms with van der Waals surface area (Å²) in [5.74, 6) is 1.11. The molecule has 5 heteroatoms. The van der Waals surface area contributed by atoms with Crippen molar-refractivity contribution in [1.29, 1.82) is 0 Å². The van der Waals surface area contributed by atoms with Gasteiger partial charge in [-0.2, -0.15) is 16.9 Å². The normalized spacial score (nSPS) is 12.6. The van der Waals surface area contributed by atoms with Crippen LogP contribution in [0.4, 0.5) is 0 Å². The molecule has 0 aliphatic rings. The number of hydrogen-bond donors (Lipinski definition) is 2. The molecular weight excluding hydrogens is 244 g/mol. The fourth-order valence-electron chi connectivity index (χ4n) is 1.80. The van der Waals surface area contributed by atoms with Crippen molar-refractivity contribution in [1.82, 2.24) is 20.5 Å². The van der Waals surface area contributed by atoms with E-state index in [4.69, 9.17) is 0 Å². The summed E-state index contributed by atoms with van der Waals surface area (Å²) in [6, 6.07) is 4.47. The standard InChI is InChI=1S/C13H18N4S/c1-10(9-18-2)15-7-12-8-16-17-13(12)11-4-3-5-14-6-11/h3-6,8,10,15H,7,9H2,1-2H3,(H,16,17). The summed E-state index contributed by atoms with van der Waals surface area (Å²) in [7, 11) is 0. The highest BCUT2D eigenvalue weighted by Crippen LogP contribution is 2.19. The number of aromatic amines is 1. The molecule has 2 aromatic rings. The minimum atomic E-state index is 0.497.